The molecule has 2 aliphatic heterocycles. The van der Waals surface area contributed by atoms with Crippen LogP contribution in [-0.2, 0) is 21.9 Å². The third kappa shape index (κ3) is 5.67. The minimum absolute atomic E-state index is 0.0413. The van der Waals surface area contributed by atoms with Crippen molar-refractivity contribution < 1.29 is 14.3 Å². The fraction of sp³-hybridized carbons (Fsp3) is 0.333. The van der Waals surface area contributed by atoms with Crippen LogP contribution in [0.25, 0.3) is 0 Å². The lowest BCUT2D eigenvalue weighted by atomic mass is 9.66. The molecule has 0 spiro atoms. The van der Waals surface area contributed by atoms with E-state index >= 15 is 0 Å². The van der Waals surface area contributed by atoms with Crippen molar-refractivity contribution in [2.75, 3.05) is 0 Å². The Balaban J connectivity index is 1.26. The molecule has 1 fully saturated rings. The Morgan fingerprint density at radius 2 is 1.52 bits per heavy atom. The monoisotopic (exact) mass is 553 g/mol. The number of thioether (sulfide) groups is 1. The number of rotatable bonds is 7. The van der Waals surface area contributed by atoms with Gasteiger partial charge >= 0.3 is 0 Å². The first-order chi connectivity index (χ1) is 19.4. The first-order valence-electron chi connectivity index (χ1n) is 13.9. The molecule has 3 N–H and O–H groups in total. The minimum Gasteiger partial charge on any atom is -0.489 e. The standard InChI is InChI=1S/C33H35N3O3S/c1-33(2)17-25-28(26(37)18-33)27(23-13-15-24(16-14-23)39-19-21-9-5-3-6-10-21)29-30(34-25)35-32(36-31(29)38)40-20-22-11-7-4-8-12-22/h3-16,27,29-30,32,34-35H,17-20H2,1-2H3,(H,36,38). The molecule has 0 bridgehead atoms. The highest BCUT2D eigenvalue weighted by molar-refractivity contribution is 7.99. The number of benzene rings is 3. The molecule has 3 aromatic carbocycles. The second-order valence-corrected chi connectivity index (χ2v) is 12.7. The number of hydrogen-bond acceptors (Lipinski definition) is 6. The van der Waals surface area contributed by atoms with Crippen molar-refractivity contribution in [3.8, 4) is 5.75 Å². The van der Waals surface area contributed by atoms with Crippen molar-refractivity contribution in [3.63, 3.8) is 0 Å². The van der Waals surface area contributed by atoms with Gasteiger partial charge in [0.15, 0.2) is 5.78 Å². The molecule has 7 heteroatoms. The number of hydrogen-bond donors (Lipinski definition) is 3. The van der Waals surface area contributed by atoms with Crippen LogP contribution in [0.1, 0.15) is 49.3 Å². The predicted octanol–water partition coefficient (Wildman–Crippen LogP) is 5.47. The first kappa shape index (κ1) is 26.7. The molecule has 2 heterocycles. The van der Waals surface area contributed by atoms with Crippen LogP contribution in [0.5, 0.6) is 5.75 Å². The van der Waals surface area contributed by atoms with Gasteiger partial charge in [0, 0.05) is 29.4 Å². The van der Waals surface area contributed by atoms with Gasteiger partial charge in [-0.2, -0.15) is 0 Å². The van der Waals surface area contributed by atoms with E-state index in [1.807, 2.05) is 72.8 Å². The number of carbonyl (C=O) groups excluding carboxylic acids is 2. The Bertz CT molecular complexity index is 1410. The Morgan fingerprint density at radius 3 is 2.23 bits per heavy atom. The summed E-state index contributed by atoms with van der Waals surface area (Å²) in [4.78, 5) is 27.3. The first-order valence-corrected chi connectivity index (χ1v) is 14.9. The largest absolute Gasteiger partial charge is 0.489 e. The average Bonchev–Trinajstić information content (AvgIpc) is 2.94. The Morgan fingerprint density at radius 1 is 0.850 bits per heavy atom. The molecule has 206 valence electrons. The van der Waals surface area contributed by atoms with Crippen molar-refractivity contribution >= 4 is 23.5 Å². The number of allylic oxidation sites excluding steroid dienone is 2. The summed E-state index contributed by atoms with van der Waals surface area (Å²) in [5, 5.41) is 10.4. The molecular formula is C33H35N3O3S. The third-order valence-electron chi connectivity index (χ3n) is 7.93. The Labute approximate surface area is 240 Å². The molecule has 1 saturated heterocycles. The number of amides is 1. The maximum atomic E-state index is 13.7. The van der Waals surface area contributed by atoms with Crippen LogP contribution in [0.3, 0.4) is 0 Å². The quantitative estimate of drug-likeness (QED) is 0.360. The van der Waals surface area contributed by atoms with Gasteiger partial charge in [-0.25, -0.2) is 0 Å². The Hall–Kier alpha value is -3.55. The molecule has 40 heavy (non-hydrogen) atoms. The summed E-state index contributed by atoms with van der Waals surface area (Å²) in [5.74, 6) is 0.838. The molecular weight excluding hydrogens is 518 g/mol. The summed E-state index contributed by atoms with van der Waals surface area (Å²) in [7, 11) is 0. The zero-order chi connectivity index (χ0) is 27.7. The number of nitrogens with one attached hydrogen (secondary N) is 3. The van der Waals surface area contributed by atoms with Crippen LogP contribution in [0.15, 0.2) is 96.2 Å². The number of fused-ring (bicyclic) bond motifs is 1. The molecule has 4 atom stereocenters. The van der Waals surface area contributed by atoms with Crippen molar-refractivity contribution in [1.29, 1.82) is 0 Å². The zero-order valence-corrected chi connectivity index (χ0v) is 23.7. The van der Waals surface area contributed by atoms with Gasteiger partial charge < -0.3 is 15.4 Å². The molecule has 6 nitrogen and oxygen atoms in total. The summed E-state index contributed by atoms with van der Waals surface area (Å²) in [6.07, 6.45) is 0.975. The lowest BCUT2D eigenvalue weighted by Gasteiger charge is -2.48. The van der Waals surface area contributed by atoms with Gasteiger partial charge in [0.1, 0.15) is 17.9 Å². The van der Waals surface area contributed by atoms with Gasteiger partial charge in [-0.3, -0.25) is 14.9 Å². The summed E-state index contributed by atoms with van der Waals surface area (Å²) in [6, 6.07) is 28.2. The zero-order valence-electron chi connectivity index (χ0n) is 22.9. The molecule has 0 radical (unpaired) electrons. The molecule has 3 aromatic rings. The lowest BCUT2D eigenvalue weighted by molar-refractivity contribution is -0.130. The van der Waals surface area contributed by atoms with Crippen molar-refractivity contribution in [2.45, 2.75) is 56.6 Å². The SMILES string of the molecule is CC1(C)CC(=O)C2=C(C1)NC1NC(SCc3ccccc3)NC(=O)C1C2c1ccc(OCc2ccccc2)cc1. The van der Waals surface area contributed by atoms with Crippen LogP contribution >= 0.6 is 11.8 Å². The van der Waals surface area contributed by atoms with E-state index < -0.39 is 5.92 Å². The van der Waals surface area contributed by atoms with Gasteiger partial charge in [-0.05, 0) is 40.7 Å². The predicted molar refractivity (Wildman–Crippen MR) is 158 cm³/mol. The van der Waals surface area contributed by atoms with E-state index in [-0.39, 0.29) is 34.7 Å². The number of Topliss-reactive ketones (excluding diaryl/α,β-unsaturated/α-hetero) is 1. The smallest absolute Gasteiger partial charge is 0.229 e. The highest BCUT2D eigenvalue weighted by Crippen LogP contribution is 2.48. The van der Waals surface area contributed by atoms with Gasteiger partial charge in [-0.15, -0.1) is 11.8 Å². The van der Waals surface area contributed by atoms with E-state index in [9.17, 15) is 9.59 Å². The minimum atomic E-state index is -0.450. The third-order valence-corrected chi connectivity index (χ3v) is 9.02. The van der Waals surface area contributed by atoms with Crippen LogP contribution in [-0.4, -0.2) is 23.4 Å². The molecule has 0 aromatic heterocycles. The highest BCUT2D eigenvalue weighted by atomic mass is 32.2. The van der Waals surface area contributed by atoms with E-state index in [0.29, 0.717) is 13.0 Å². The van der Waals surface area contributed by atoms with Crippen LogP contribution in [0.2, 0.25) is 0 Å². The van der Waals surface area contributed by atoms with Gasteiger partial charge in [0.25, 0.3) is 0 Å². The molecule has 4 unspecified atom stereocenters. The molecule has 3 aliphatic rings. The number of ketones is 1. The average molecular weight is 554 g/mol. The summed E-state index contributed by atoms with van der Waals surface area (Å²) in [6.45, 7) is 4.75. The normalized spacial score (nSPS) is 25.4. The van der Waals surface area contributed by atoms with E-state index in [4.69, 9.17) is 4.74 Å². The van der Waals surface area contributed by atoms with E-state index in [1.165, 1.54) is 5.56 Å². The number of carbonyl (C=O) groups is 2. The van der Waals surface area contributed by atoms with Crippen LogP contribution in [0, 0.1) is 11.3 Å². The van der Waals surface area contributed by atoms with Crippen molar-refractivity contribution in [3.05, 3.63) is 113 Å². The topological polar surface area (TPSA) is 79.5 Å². The van der Waals surface area contributed by atoms with Crippen LogP contribution in [0.4, 0.5) is 0 Å². The second-order valence-electron chi connectivity index (χ2n) is 11.7. The van der Waals surface area contributed by atoms with Gasteiger partial charge in [-0.1, -0.05) is 86.6 Å². The van der Waals surface area contributed by atoms with Gasteiger partial charge in [0.05, 0.1) is 12.1 Å². The molecule has 1 amide bonds. The van der Waals surface area contributed by atoms with Crippen molar-refractivity contribution in [1.82, 2.24) is 16.0 Å². The highest BCUT2D eigenvalue weighted by Gasteiger charge is 2.50. The molecule has 6 rings (SSSR count). The summed E-state index contributed by atoms with van der Waals surface area (Å²) >= 11 is 1.66. The lowest BCUT2D eigenvalue weighted by Crippen LogP contribution is -2.68. The maximum absolute atomic E-state index is 13.7. The van der Waals surface area contributed by atoms with E-state index in [1.54, 1.807) is 11.8 Å². The fourth-order valence-corrected chi connectivity index (χ4v) is 7.08. The van der Waals surface area contributed by atoms with Crippen molar-refractivity contribution in [2.24, 2.45) is 11.3 Å². The van der Waals surface area contributed by atoms with Gasteiger partial charge in [0.2, 0.25) is 5.91 Å². The molecule has 0 saturated carbocycles. The van der Waals surface area contributed by atoms with Crippen LogP contribution < -0.4 is 20.7 Å². The Kier molecular flexibility index (Phi) is 7.43. The summed E-state index contributed by atoms with van der Waals surface area (Å²) in [5.41, 5.74) is 4.62. The number of ether oxygens (including phenoxy) is 1. The fourth-order valence-electron chi connectivity index (χ4n) is 6.08. The molecule has 1 aliphatic carbocycles. The second kappa shape index (κ2) is 11.1. The van der Waals surface area contributed by atoms with E-state index in [2.05, 4.69) is 41.9 Å². The maximum Gasteiger partial charge on any atom is 0.229 e. The van der Waals surface area contributed by atoms with E-state index in [0.717, 1.165) is 40.3 Å². The summed E-state index contributed by atoms with van der Waals surface area (Å²) < 4.78 is 6.01.